The molecule has 4 unspecified atom stereocenters. The molecule has 0 amide bonds. The molecule has 0 bridgehead atoms. The number of alkyl halides is 2. The first-order valence-electron chi connectivity index (χ1n) is 12.1. The molecule has 0 aromatic heterocycles. The zero-order valence-corrected chi connectivity index (χ0v) is 19.1. The molecule has 1 nitrogen and oxygen atoms in total. The number of halogens is 4. The van der Waals surface area contributed by atoms with E-state index in [0.29, 0.717) is 11.5 Å². The lowest BCUT2D eigenvalue weighted by Crippen LogP contribution is -2.30. The Kier molecular flexibility index (Phi) is 7.77. The third-order valence-electron chi connectivity index (χ3n) is 7.60. The maximum absolute atomic E-state index is 15.0. The number of ether oxygens (including phenoxy) is 1. The summed E-state index contributed by atoms with van der Waals surface area (Å²) in [5, 5.41) is 0. The molecule has 2 saturated carbocycles. The number of fused-ring (bicyclic) bond motifs is 1. The molecule has 4 atom stereocenters. The highest BCUT2D eigenvalue weighted by atomic mass is 19.3. The van der Waals surface area contributed by atoms with E-state index in [1.54, 1.807) is 0 Å². The fourth-order valence-electron chi connectivity index (χ4n) is 5.96. The van der Waals surface area contributed by atoms with Gasteiger partial charge in [0.25, 0.3) is 0 Å². The molecule has 2 aromatic rings. The third kappa shape index (κ3) is 5.80. The summed E-state index contributed by atoms with van der Waals surface area (Å²) in [5.41, 5.74) is 0.913. The monoisotopic (exact) mass is 460 g/mol. The van der Waals surface area contributed by atoms with E-state index in [1.165, 1.54) is 62.1 Å². The molecule has 4 rings (SSSR count). The quantitative estimate of drug-likeness (QED) is 0.296. The molecule has 178 valence electrons. The second-order valence-electron chi connectivity index (χ2n) is 9.62. The molecule has 2 aliphatic rings. The first-order chi connectivity index (χ1) is 15.9. The van der Waals surface area contributed by atoms with Crippen LogP contribution in [0.15, 0.2) is 48.6 Å². The summed E-state index contributed by atoms with van der Waals surface area (Å²) in [6.45, 7) is -0.871. The molecule has 0 radical (unpaired) electrons. The number of benzene rings is 2. The van der Waals surface area contributed by atoms with Crippen molar-refractivity contribution in [1.29, 1.82) is 0 Å². The first kappa shape index (κ1) is 23.8. The zero-order chi connectivity index (χ0) is 23.4. The van der Waals surface area contributed by atoms with Gasteiger partial charge in [0.1, 0.15) is 17.4 Å². The van der Waals surface area contributed by atoms with E-state index in [-0.39, 0.29) is 17.2 Å². The Bertz CT molecular complexity index is 930. The SMILES string of the molecule is C/C=C/CCC1CCC2CC(c3cc(F)c(-c4ccc(OC(F)F)cc4)c(F)c3)CCC2C1. The summed E-state index contributed by atoms with van der Waals surface area (Å²) in [5.74, 6) is 1.13. The molecule has 0 N–H and O–H groups in total. The second-order valence-corrected chi connectivity index (χ2v) is 9.62. The van der Waals surface area contributed by atoms with Crippen molar-refractivity contribution < 1.29 is 22.3 Å². The average Bonchev–Trinajstić information content (AvgIpc) is 2.79. The van der Waals surface area contributed by atoms with Gasteiger partial charge >= 0.3 is 6.61 Å². The van der Waals surface area contributed by atoms with E-state index in [0.717, 1.165) is 43.1 Å². The maximum atomic E-state index is 15.0. The lowest BCUT2D eigenvalue weighted by atomic mass is 9.63. The van der Waals surface area contributed by atoms with Crippen molar-refractivity contribution in [3.8, 4) is 16.9 Å². The van der Waals surface area contributed by atoms with Gasteiger partial charge in [0.2, 0.25) is 0 Å². The van der Waals surface area contributed by atoms with E-state index >= 15 is 0 Å². The minimum Gasteiger partial charge on any atom is -0.435 e. The summed E-state index contributed by atoms with van der Waals surface area (Å²) in [6, 6.07) is 8.33. The fourth-order valence-corrected chi connectivity index (χ4v) is 5.96. The predicted octanol–water partition coefficient (Wildman–Crippen LogP) is 8.89. The predicted molar refractivity (Wildman–Crippen MR) is 123 cm³/mol. The van der Waals surface area contributed by atoms with Gasteiger partial charge in [-0.15, -0.1) is 0 Å². The average molecular weight is 461 g/mol. The van der Waals surface area contributed by atoms with Gasteiger partial charge in [-0.25, -0.2) is 8.78 Å². The van der Waals surface area contributed by atoms with Gasteiger partial charge in [0.05, 0.1) is 5.56 Å². The Morgan fingerprint density at radius 3 is 2.27 bits per heavy atom. The summed E-state index contributed by atoms with van der Waals surface area (Å²) in [6.07, 6.45) is 13.7. The fraction of sp³-hybridized carbons (Fsp3) is 0.500. The molecule has 2 fully saturated rings. The highest BCUT2D eigenvalue weighted by Gasteiger charge is 2.36. The van der Waals surface area contributed by atoms with Crippen LogP contribution in [0.5, 0.6) is 5.75 Å². The molecule has 33 heavy (non-hydrogen) atoms. The van der Waals surface area contributed by atoms with Gasteiger partial charge in [-0.05, 0) is 111 Å². The van der Waals surface area contributed by atoms with Crippen LogP contribution < -0.4 is 4.74 Å². The Balaban J connectivity index is 1.43. The number of rotatable bonds is 7. The van der Waals surface area contributed by atoms with Gasteiger partial charge in [0.15, 0.2) is 0 Å². The van der Waals surface area contributed by atoms with Gasteiger partial charge < -0.3 is 4.74 Å². The number of hydrogen-bond donors (Lipinski definition) is 0. The highest BCUT2D eigenvalue weighted by Crippen LogP contribution is 2.48. The molecule has 0 saturated heterocycles. The van der Waals surface area contributed by atoms with Crippen molar-refractivity contribution in [3.05, 3.63) is 65.7 Å². The molecule has 5 heteroatoms. The van der Waals surface area contributed by atoms with Crippen LogP contribution in [0, 0.1) is 29.4 Å². The normalized spacial score (nSPS) is 25.4. The maximum Gasteiger partial charge on any atom is 0.387 e. The van der Waals surface area contributed by atoms with Crippen molar-refractivity contribution in [3.63, 3.8) is 0 Å². The lowest BCUT2D eigenvalue weighted by Gasteiger charge is -2.42. The van der Waals surface area contributed by atoms with E-state index in [1.807, 2.05) is 0 Å². The smallest absolute Gasteiger partial charge is 0.387 e. The van der Waals surface area contributed by atoms with Crippen molar-refractivity contribution in [1.82, 2.24) is 0 Å². The highest BCUT2D eigenvalue weighted by molar-refractivity contribution is 5.66. The van der Waals surface area contributed by atoms with E-state index in [9.17, 15) is 17.6 Å². The molecule has 0 heterocycles. The minimum absolute atomic E-state index is 0.0421. The molecule has 2 aliphatic carbocycles. The molecular weight excluding hydrogens is 428 g/mol. The summed E-state index contributed by atoms with van der Waals surface area (Å²) in [4.78, 5) is 0. The van der Waals surface area contributed by atoms with Crippen LogP contribution >= 0.6 is 0 Å². The van der Waals surface area contributed by atoms with Crippen LogP contribution in [-0.4, -0.2) is 6.61 Å². The standard InChI is InChI=1S/C28H32F4O/c1-2-3-4-5-18-6-7-21-15-22(9-8-20(21)14-18)23-16-25(29)27(26(30)17-23)19-10-12-24(13-11-19)33-28(31)32/h2-3,10-13,16-18,20-22,28H,4-9,14-15H2,1H3/b3-2+. The van der Waals surface area contributed by atoms with Crippen molar-refractivity contribution in [2.75, 3.05) is 0 Å². The van der Waals surface area contributed by atoms with E-state index in [2.05, 4.69) is 23.8 Å². The number of hydrogen-bond acceptors (Lipinski definition) is 1. The third-order valence-corrected chi connectivity index (χ3v) is 7.60. The topological polar surface area (TPSA) is 9.23 Å². The van der Waals surface area contributed by atoms with Gasteiger partial charge in [-0.1, -0.05) is 30.7 Å². The van der Waals surface area contributed by atoms with Crippen LogP contribution in [0.25, 0.3) is 11.1 Å². The van der Waals surface area contributed by atoms with Gasteiger partial charge in [-0.2, -0.15) is 8.78 Å². The minimum atomic E-state index is -2.94. The Morgan fingerprint density at radius 1 is 0.939 bits per heavy atom. The van der Waals surface area contributed by atoms with Crippen molar-refractivity contribution in [2.45, 2.75) is 70.8 Å². The van der Waals surface area contributed by atoms with Crippen LogP contribution in [0.1, 0.15) is 69.8 Å². The van der Waals surface area contributed by atoms with Crippen LogP contribution in [0.2, 0.25) is 0 Å². The Labute approximate surface area is 193 Å². The summed E-state index contributed by atoms with van der Waals surface area (Å²) in [7, 11) is 0. The van der Waals surface area contributed by atoms with Crippen molar-refractivity contribution >= 4 is 0 Å². The van der Waals surface area contributed by atoms with Gasteiger partial charge in [-0.3, -0.25) is 0 Å². The Morgan fingerprint density at radius 2 is 1.61 bits per heavy atom. The summed E-state index contributed by atoms with van der Waals surface area (Å²) >= 11 is 0. The van der Waals surface area contributed by atoms with E-state index < -0.39 is 18.2 Å². The largest absolute Gasteiger partial charge is 0.435 e. The molecular formula is C28H32F4O. The summed E-state index contributed by atoms with van der Waals surface area (Å²) < 4.78 is 59.0. The first-order valence-corrected chi connectivity index (χ1v) is 12.1. The number of allylic oxidation sites excluding steroid dienone is 2. The molecule has 2 aromatic carbocycles. The lowest BCUT2D eigenvalue weighted by molar-refractivity contribution is -0.0498. The van der Waals surface area contributed by atoms with Crippen LogP contribution in [0.4, 0.5) is 17.6 Å². The van der Waals surface area contributed by atoms with Crippen LogP contribution in [0.3, 0.4) is 0 Å². The molecule has 0 spiro atoms. The van der Waals surface area contributed by atoms with E-state index in [4.69, 9.17) is 0 Å². The second kappa shape index (κ2) is 10.8. The van der Waals surface area contributed by atoms with Crippen molar-refractivity contribution in [2.24, 2.45) is 17.8 Å². The molecule has 0 aliphatic heterocycles. The zero-order valence-electron chi connectivity index (χ0n) is 19.1. The van der Waals surface area contributed by atoms with Gasteiger partial charge in [0, 0.05) is 0 Å². The van der Waals surface area contributed by atoms with Crippen LogP contribution in [-0.2, 0) is 0 Å². The Hall–Kier alpha value is -2.30.